The Bertz CT molecular complexity index is 1360. The smallest absolute Gasteiger partial charge is 0.309 e. The van der Waals surface area contributed by atoms with Crippen molar-refractivity contribution in [3.05, 3.63) is 24.0 Å². The molecule has 0 radical (unpaired) electrons. The summed E-state index contributed by atoms with van der Waals surface area (Å²) in [6, 6.07) is 2.11. The number of nitrogens with one attached hydrogen (secondary N) is 1. The lowest BCUT2D eigenvalue weighted by Gasteiger charge is -2.11. The fourth-order valence-electron chi connectivity index (χ4n) is 2.65. The molecular weight excluding hydrogens is 443 g/mol. The van der Waals surface area contributed by atoms with Crippen LogP contribution in [0.3, 0.4) is 0 Å². The minimum absolute atomic E-state index is 0.00249. The van der Waals surface area contributed by atoms with E-state index in [0.717, 1.165) is 6.07 Å². The molecule has 0 saturated carbocycles. The first-order chi connectivity index (χ1) is 13.7. The number of aryl methyl sites for hydroxylation is 1. The van der Waals surface area contributed by atoms with Crippen molar-refractivity contribution in [1.29, 1.82) is 4.78 Å². The minimum Gasteiger partial charge on any atom is -0.309 e. The molecule has 0 spiro atoms. The van der Waals surface area contributed by atoms with Gasteiger partial charge < -0.3 is 4.57 Å². The van der Waals surface area contributed by atoms with E-state index >= 15 is 0 Å². The van der Waals surface area contributed by atoms with Gasteiger partial charge in [0, 0.05) is 41.1 Å². The third kappa shape index (κ3) is 4.28. The normalized spacial score (nSPS) is 14.6. The van der Waals surface area contributed by atoms with E-state index in [1.54, 1.807) is 6.92 Å². The Morgan fingerprint density at radius 3 is 2.43 bits per heavy atom. The molecule has 3 rings (SSSR count). The third-order valence-electron chi connectivity index (χ3n) is 4.04. The molecule has 0 aliphatic rings. The average Bonchev–Trinajstić information content (AvgIpc) is 2.96. The summed E-state index contributed by atoms with van der Waals surface area (Å²) in [7, 11) is -4.36. The molecule has 162 valence electrons. The van der Waals surface area contributed by atoms with Crippen LogP contribution >= 0.6 is 0 Å². The van der Waals surface area contributed by atoms with E-state index in [-0.39, 0.29) is 39.0 Å². The molecule has 3 aromatic rings. The van der Waals surface area contributed by atoms with Crippen LogP contribution in [-0.4, -0.2) is 51.4 Å². The van der Waals surface area contributed by atoms with E-state index in [1.165, 1.54) is 36.4 Å². The summed E-state index contributed by atoms with van der Waals surface area (Å²) in [5.74, 6) is 0.0307. The molecule has 0 fully saturated rings. The van der Waals surface area contributed by atoms with Gasteiger partial charge in [0.2, 0.25) is 0 Å². The molecule has 0 bridgehead atoms. The zero-order chi connectivity index (χ0) is 22.5. The summed E-state index contributed by atoms with van der Waals surface area (Å²) < 4.78 is 77.3. The molecule has 0 amide bonds. The molecule has 30 heavy (non-hydrogen) atoms. The molecule has 3 heterocycles. The number of aromatic nitrogens is 5. The molecule has 3 aromatic heterocycles. The Morgan fingerprint density at radius 1 is 1.20 bits per heavy atom. The van der Waals surface area contributed by atoms with E-state index in [1.807, 2.05) is 0 Å². The topological polar surface area (TPSA) is 127 Å². The fraction of sp³-hybridized carbons (Fsp3) is 0.375. The van der Waals surface area contributed by atoms with Gasteiger partial charge in [0.15, 0.2) is 17.2 Å². The van der Waals surface area contributed by atoms with Crippen molar-refractivity contribution in [2.45, 2.75) is 18.0 Å². The molecule has 9 nitrogen and oxygen atoms in total. The number of halogens is 3. The lowest BCUT2D eigenvalue weighted by atomic mass is 10.3. The van der Waals surface area contributed by atoms with Crippen molar-refractivity contribution in [3.63, 3.8) is 0 Å². The van der Waals surface area contributed by atoms with E-state index in [0.29, 0.717) is 0 Å². The highest BCUT2D eigenvalue weighted by atomic mass is 32.2. The number of fused-ring (bicyclic) bond motifs is 1. The van der Waals surface area contributed by atoms with Crippen LogP contribution in [0, 0.1) is 4.78 Å². The number of nitrogens with zero attached hydrogens (tertiary/aromatic N) is 6. The van der Waals surface area contributed by atoms with Crippen molar-refractivity contribution < 1.29 is 21.6 Å². The van der Waals surface area contributed by atoms with Gasteiger partial charge >= 0.3 is 6.18 Å². The van der Waals surface area contributed by atoms with Crippen LogP contribution in [0.25, 0.3) is 22.7 Å². The quantitative estimate of drug-likeness (QED) is 0.636. The number of imidazole rings is 1. The van der Waals surface area contributed by atoms with Gasteiger partial charge in [-0.2, -0.15) is 17.5 Å². The molecule has 0 aliphatic heterocycles. The maximum atomic E-state index is 12.9. The number of alkyl halides is 3. The molecule has 14 heteroatoms. The third-order valence-corrected chi connectivity index (χ3v) is 6.53. The van der Waals surface area contributed by atoms with Crippen LogP contribution in [-0.2, 0) is 32.7 Å². The van der Waals surface area contributed by atoms with Gasteiger partial charge in [0.1, 0.15) is 11.2 Å². The lowest BCUT2D eigenvalue weighted by Crippen LogP contribution is -2.09. The second-order valence-corrected chi connectivity index (χ2v) is 11.6. The molecule has 1 atom stereocenters. The van der Waals surface area contributed by atoms with E-state index in [2.05, 4.69) is 24.5 Å². The Morgan fingerprint density at radius 2 is 1.87 bits per heavy atom. The summed E-state index contributed by atoms with van der Waals surface area (Å²) in [6.45, 7) is 1.56. The van der Waals surface area contributed by atoms with Gasteiger partial charge in [-0.3, -0.25) is 0 Å². The Kier molecular flexibility index (Phi) is 5.35. The van der Waals surface area contributed by atoms with Crippen LogP contribution < -0.4 is 0 Å². The van der Waals surface area contributed by atoms with Gasteiger partial charge in [-0.05, 0) is 6.07 Å². The molecular formula is C16H18F3N7O2S2. The lowest BCUT2D eigenvalue weighted by molar-refractivity contribution is -0.141. The second kappa shape index (κ2) is 7.27. The zero-order valence-electron chi connectivity index (χ0n) is 16.4. The first-order valence-corrected chi connectivity index (χ1v) is 12.5. The molecule has 1 unspecified atom stereocenters. The Hall–Kier alpha value is -2.61. The average molecular weight is 461 g/mol. The fourth-order valence-corrected chi connectivity index (χ4v) is 4.34. The molecule has 0 aliphatic carbocycles. The van der Waals surface area contributed by atoms with Gasteiger partial charge in [-0.25, -0.2) is 23.2 Å². The molecule has 0 aromatic carbocycles. The number of hydrogen-bond acceptors (Lipinski definition) is 8. The minimum atomic E-state index is -4.68. The number of pyridine rings is 1. The Balaban J connectivity index is 2.30. The van der Waals surface area contributed by atoms with Gasteiger partial charge in [0.25, 0.3) is 0 Å². The van der Waals surface area contributed by atoms with E-state index in [9.17, 15) is 21.6 Å². The summed E-state index contributed by atoms with van der Waals surface area (Å²) in [4.78, 5) is 8.37. The summed E-state index contributed by atoms with van der Waals surface area (Å²) in [5, 5.41) is 6.79. The van der Waals surface area contributed by atoms with E-state index in [4.69, 9.17) is 4.78 Å². The van der Waals surface area contributed by atoms with Crippen LogP contribution in [0.2, 0.25) is 0 Å². The monoisotopic (exact) mass is 461 g/mol. The first-order valence-electron chi connectivity index (χ1n) is 8.44. The molecule has 1 N–H and O–H groups in total. The van der Waals surface area contributed by atoms with Crippen LogP contribution in [0.15, 0.2) is 27.6 Å². The Labute approximate surface area is 170 Å². The standard InChI is InChI=1S/C16H18F3N7O2S2/c1-5-30(20,28)11-6-9(25-29(3,4)27)8-21-13(11)15-22-10-7-12(16(17,18)19)23-24-14(10)26(15)2/h6-8,20H,5H2,1-4H3. The van der Waals surface area contributed by atoms with Crippen LogP contribution in [0.1, 0.15) is 12.6 Å². The second-order valence-electron chi connectivity index (χ2n) is 6.71. The van der Waals surface area contributed by atoms with Crippen LogP contribution in [0.5, 0.6) is 0 Å². The van der Waals surface area contributed by atoms with Gasteiger partial charge in [0.05, 0.1) is 26.5 Å². The van der Waals surface area contributed by atoms with E-state index < -0.39 is 31.3 Å². The SMILES string of the molecule is CCS(=N)(=O)c1cc(N=S(C)(C)=O)cnc1-c1nc2cc(C(F)(F)F)nnc2n1C. The van der Waals surface area contributed by atoms with Gasteiger partial charge in [-0.15, -0.1) is 10.2 Å². The highest BCUT2D eigenvalue weighted by Crippen LogP contribution is 2.33. The highest BCUT2D eigenvalue weighted by Gasteiger charge is 2.34. The van der Waals surface area contributed by atoms with Crippen LogP contribution in [0.4, 0.5) is 18.9 Å². The van der Waals surface area contributed by atoms with Crippen molar-refractivity contribution in [1.82, 2.24) is 24.7 Å². The predicted molar refractivity (Wildman–Crippen MR) is 106 cm³/mol. The first kappa shape index (κ1) is 22.1. The zero-order valence-corrected chi connectivity index (χ0v) is 18.0. The summed E-state index contributed by atoms with van der Waals surface area (Å²) in [6.07, 6.45) is -0.568. The largest absolute Gasteiger partial charge is 0.435 e. The van der Waals surface area contributed by atoms with Gasteiger partial charge in [-0.1, -0.05) is 6.92 Å². The summed E-state index contributed by atoms with van der Waals surface area (Å²) >= 11 is 0. The summed E-state index contributed by atoms with van der Waals surface area (Å²) in [5.41, 5.74) is -0.980. The van der Waals surface area contributed by atoms with Crippen molar-refractivity contribution in [2.24, 2.45) is 11.4 Å². The van der Waals surface area contributed by atoms with Crippen molar-refractivity contribution in [2.75, 3.05) is 18.3 Å². The predicted octanol–water partition coefficient (Wildman–Crippen LogP) is 3.23. The molecule has 0 saturated heterocycles. The number of hydrogen-bond donors (Lipinski definition) is 1. The highest BCUT2D eigenvalue weighted by molar-refractivity contribution is 7.92. The van der Waals surface area contributed by atoms with Crippen molar-refractivity contribution >= 4 is 36.3 Å². The maximum Gasteiger partial charge on any atom is 0.435 e. The maximum absolute atomic E-state index is 12.9. The van der Waals surface area contributed by atoms with Crippen molar-refractivity contribution in [3.8, 4) is 11.5 Å². The number of rotatable bonds is 4.